The number of halogens is 1. The van der Waals surface area contributed by atoms with Crippen LogP contribution >= 0.6 is 28.3 Å². The number of carbonyl (C=O) groups excluding carboxylic acids is 1. The van der Waals surface area contributed by atoms with Crippen molar-refractivity contribution >= 4 is 34.2 Å². The number of hydrogen-bond donors (Lipinski definition) is 0. The first-order valence-corrected chi connectivity index (χ1v) is 9.94. The summed E-state index contributed by atoms with van der Waals surface area (Å²) in [4.78, 5) is 11.2. The van der Waals surface area contributed by atoms with E-state index in [4.69, 9.17) is 16.3 Å². The Morgan fingerprint density at radius 3 is 2.63 bits per heavy atom. The second-order valence-electron chi connectivity index (χ2n) is 4.20. The van der Waals surface area contributed by atoms with Gasteiger partial charge in [0.1, 0.15) is 5.75 Å². The molecule has 2 rings (SSSR count). The van der Waals surface area contributed by atoms with Crippen molar-refractivity contribution in [1.29, 1.82) is 0 Å². The molecule has 1 aromatic carbocycles. The standard InChI is InChI=1S/C7H7ClO.C6H13NOP2/c1-9-7-4-2-3-6(8)5-7;1-5-3-4-7(6(5)8)10-9-2/h2-5H,1H3;5,9-10H,3-4H2,1-2H3. The van der Waals surface area contributed by atoms with Gasteiger partial charge in [-0.25, -0.2) is 0 Å². The van der Waals surface area contributed by atoms with Gasteiger partial charge in [0.05, 0.1) is 7.11 Å². The van der Waals surface area contributed by atoms with Gasteiger partial charge in [-0.2, -0.15) is 0 Å². The fraction of sp³-hybridized carbons (Fsp3) is 0.462. The van der Waals surface area contributed by atoms with Gasteiger partial charge >= 0.3 is 0 Å². The molecular formula is C13H20ClNO2P2. The van der Waals surface area contributed by atoms with Crippen molar-refractivity contribution in [3.05, 3.63) is 29.3 Å². The predicted octanol–water partition coefficient (Wildman–Crippen LogP) is 4.02. The number of rotatable bonds is 3. The molecule has 0 saturated carbocycles. The van der Waals surface area contributed by atoms with Crippen molar-refractivity contribution < 1.29 is 9.53 Å². The average Bonchev–Trinajstić information content (AvgIpc) is 2.72. The molecule has 1 saturated heterocycles. The first-order valence-electron chi connectivity index (χ1n) is 6.11. The molecule has 1 aliphatic heterocycles. The van der Waals surface area contributed by atoms with E-state index in [0.717, 1.165) is 35.4 Å². The van der Waals surface area contributed by atoms with Gasteiger partial charge in [0, 0.05) is 25.9 Å². The third-order valence-electron chi connectivity index (χ3n) is 2.75. The molecule has 1 amide bonds. The van der Waals surface area contributed by atoms with Crippen LogP contribution in [0.5, 0.6) is 5.75 Å². The molecule has 1 aromatic rings. The second-order valence-corrected chi connectivity index (χ2v) is 8.07. The highest BCUT2D eigenvalue weighted by atomic mass is 35.5. The van der Waals surface area contributed by atoms with Crippen LogP contribution < -0.4 is 4.74 Å². The molecule has 0 aliphatic carbocycles. The molecule has 1 aliphatic rings. The minimum absolute atomic E-state index is 0.295. The summed E-state index contributed by atoms with van der Waals surface area (Å²) in [5.74, 6) is 1.46. The molecule has 3 atom stereocenters. The third-order valence-corrected chi connectivity index (χ3v) is 5.41. The van der Waals surface area contributed by atoms with Gasteiger partial charge in [0.25, 0.3) is 0 Å². The van der Waals surface area contributed by atoms with Crippen molar-refractivity contribution in [2.75, 3.05) is 20.3 Å². The Kier molecular flexibility index (Phi) is 7.68. The van der Waals surface area contributed by atoms with Crippen molar-refractivity contribution in [2.45, 2.75) is 13.3 Å². The van der Waals surface area contributed by atoms with Crippen molar-refractivity contribution in [3.63, 3.8) is 0 Å². The van der Waals surface area contributed by atoms with Crippen LogP contribution in [0, 0.1) is 5.92 Å². The fourth-order valence-corrected chi connectivity index (χ4v) is 4.16. The highest BCUT2D eigenvalue weighted by Crippen LogP contribution is 2.40. The van der Waals surface area contributed by atoms with Gasteiger partial charge in [0.2, 0.25) is 5.91 Å². The van der Waals surface area contributed by atoms with E-state index >= 15 is 0 Å². The predicted molar refractivity (Wildman–Crippen MR) is 86.1 cm³/mol. The van der Waals surface area contributed by atoms with Gasteiger partial charge in [-0.1, -0.05) is 32.9 Å². The smallest absolute Gasteiger partial charge is 0.228 e. The van der Waals surface area contributed by atoms with Crippen molar-refractivity contribution in [3.8, 4) is 5.75 Å². The molecule has 3 unspecified atom stereocenters. The van der Waals surface area contributed by atoms with Gasteiger partial charge < -0.3 is 9.41 Å². The number of ether oxygens (including phenoxy) is 1. The van der Waals surface area contributed by atoms with Crippen LogP contribution in [-0.2, 0) is 4.79 Å². The Balaban J connectivity index is 0.000000191. The number of methoxy groups -OCH3 is 1. The van der Waals surface area contributed by atoms with E-state index in [1.807, 2.05) is 29.8 Å². The monoisotopic (exact) mass is 319 g/mol. The molecular weight excluding hydrogens is 300 g/mol. The number of nitrogens with zero attached hydrogens (tertiary/aromatic N) is 1. The van der Waals surface area contributed by atoms with Gasteiger partial charge in [-0.15, -0.1) is 0 Å². The highest BCUT2D eigenvalue weighted by molar-refractivity contribution is 8.10. The first-order chi connectivity index (χ1) is 9.08. The Bertz CT molecular complexity index is 415. The molecule has 0 radical (unpaired) electrons. The SMILES string of the molecule is COc1cccc(Cl)c1.CPPN1CCC(C)C1=O. The zero-order valence-electron chi connectivity index (χ0n) is 11.4. The third kappa shape index (κ3) is 5.65. The molecule has 1 fully saturated rings. The first kappa shape index (κ1) is 16.7. The summed E-state index contributed by atoms with van der Waals surface area (Å²) < 4.78 is 6.91. The van der Waals surface area contributed by atoms with Gasteiger partial charge in [0.15, 0.2) is 0 Å². The van der Waals surface area contributed by atoms with Crippen LogP contribution in [0.1, 0.15) is 13.3 Å². The van der Waals surface area contributed by atoms with Crippen LogP contribution in [0.4, 0.5) is 0 Å². The van der Waals surface area contributed by atoms with Gasteiger partial charge in [-0.05, 0) is 31.3 Å². The van der Waals surface area contributed by atoms with E-state index in [2.05, 4.69) is 6.66 Å². The molecule has 0 aromatic heterocycles. The minimum atomic E-state index is 0.295. The van der Waals surface area contributed by atoms with Crippen LogP contribution in [0.3, 0.4) is 0 Å². The van der Waals surface area contributed by atoms with E-state index in [0.29, 0.717) is 16.8 Å². The summed E-state index contributed by atoms with van der Waals surface area (Å²) in [7, 11) is 3.26. The number of amides is 1. The Labute approximate surface area is 123 Å². The maximum absolute atomic E-state index is 11.2. The van der Waals surface area contributed by atoms with Crippen molar-refractivity contribution in [1.82, 2.24) is 4.67 Å². The average molecular weight is 320 g/mol. The quantitative estimate of drug-likeness (QED) is 0.788. The largest absolute Gasteiger partial charge is 0.497 e. The lowest BCUT2D eigenvalue weighted by Gasteiger charge is -2.13. The summed E-state index contributed by atoms with van der Waals surface area (Å²) in [6.07, 6.45) is 1.07. The van der Waals surface area contributed by atoms with Crippen LogP contribution in [-0.4, -0.2) is 30.9 Å². The fourth-order valence-electron chi connectivity index (χ4n) is 1.66. The summed E-state index contributed by atoms with van der Waals surface area (Å²) in [5.41, 5.74) is 0. The number of carbonyl (C=O) groups is 1. The summed E-state index contributed by atoms with van der Waals surface area (Å²) >= 11 is 5.64. The molecule has 0 N–H and O–H groups in total. The Morgan fingerprint density at radius 1 is 1.47 bits per heavy atom. The zero-order chi connectivity index (χ0) is 14.3. The normalized spacial score (nSPS) is 19.3. The summed E-state index contributed by atoms with van der Waals surface area (Å²) in [6.45, 7) is 5.17. The maximum atomic E-state index is 11.2. The van der Waals surface area contributed by atoms with E-state index < -0.39 is 0 Å². The lowest BCUT2D eigenvalue weighted by atomic mass is 10.1. The Morgan fingerprint density at radius 2 is 2.21 bits per heavy atom. The zero-order valence-corrected chi connectivity index (χ0v) is 14.2. The summed E-state index contributed by atoms with van der Waals surface area (Å²) in [5, 5.41) is 0.703. The maximum Gasteiger partial charge on any atom is 0.228 e. The molecule has 0 spiro atoms. The van der Waals surface area contributed by atoms with Gasteiger partial charge in [-0.3, -0.25) is 4.79 Å². The lowest BCUT2D eigenvalue weighted by Crippen LogP contribution is -2.16. The molecule has 3 nitrogen and oxygen atoms in total. The van der Waals surface area contributed by atoms with Crippen LogP contribution in [0.15, 0.2) is 24.3 Å². The van der Waals surface area contributed by atoms with Crippen LogP contribution in [0.2, 0.25) is 5.02 Å². The van der Waals surface area contributed by atoms with Crippen LogP contribution in [0.25, 0.3) is 0 Å². The molecule has 1 heterocycles. The number of hydrogen-bond acceptors (Lipinski definition) is 2. The van der Waals surface area contributed by atoms with Crippen molar-refractivity contribution in [2.24, 2.45) is 5.92 Å². The van der Waals surface area contributed by atoms with E-state index in [1.54, 1.807) is 13.2 Å². The minimum Gasteiger partial charge on any atom is -0.497 e. The molecule has 106 valence electrons. The second kappa shape index (κ2) is 8.74. The number of benzene rings is 1. The Hall–Kier alpha value is -0.360. The highest BCUT2D eigenvalue weighted by Gasteiger charge is 2.26. The van der Waals surface area contributed by atoms with E-state index in [-0.39, 0.29) is 0 Å². The van der Waals surface area contributed by atoms with E-state index in [9.17, 15) is 4.79 Å². The lowest BCUT2D eigenvalue weighted by molar-refractivity contribution is -0.126. The molecule has 0 bridgehead atoms. The molecule has 19 heavy (non-hydrogen) atoms. The summed E-state index contributed by atoms with van der Waals surface area (Å²) in [6, 6.07) is 7.28. The topological polar surface area (TPSA) is 29.5 Å². The van der Waals surface area contributed by atoms with E-state index in [1.165, 1.54) is 0 Å². The molecule has 6 heteroatoms.